The monoisotopic (exact) mass is 275 g/mol. The molecule has 114 valence electrons. The molecule has 1 nitrogen and oxygen atoms in total. The molecule has 0 N–H and O–H groups in total. The van der Waals surface area contributed by atoms with Crippen molar-refractivity contribution in [2.24, 2.45) is 0 Å². The Labute approximate surface area is 126 Å². The minimum Gasteiger partial charge on any atom is -0.372 e. The van der Waals surface area contributed by atoms with Gasteiger partial charge in [0.15, 0.2) is 0 Å². The SMILES string of the molecule is CCCCCC(C)c1cccc(N(CCC)CCC)c1. The van der Waals surface area contributed by atoms with Gasteiger partial charge in [0.05, 0.1) is 0 Å². The number of rotatable bonds is 10. The van der Waals surface area contributed by atoms with Crippen molar-refractivity contribution in [3.8, 4) is 0 Å². The van der Waals surface area contributed by atoms with Crippen molar-refractivity contribution in [1.29, 1.82) is 0 Å². The van der Waals surface area contributed by atoms with Crippen molar-refractivity contribution in [3.63, 3.8) is 0 Å². The number of hydrogen-bond acceptors (Lipinski definition) is 1. The molecule has 0 amide bonds. The minimum absolute atomic E-state index is 0.687. The molecule has 0 spiro atoms. The van der Waals surface area contributed by atoms with Gasteiger partial charge in [-0.2, -0.15) is 0 Å². The number of hydrogen-bond donors (Lipinski definition) is 0. The van der Waals surface area contributed by atoms with Crippen molar-refractivity contribution >= 4 is 5.69 Å². The average Bonchev–Trinajstić information content (AvgIpc) is 2.47. The van der Waals surface area contributed by atoms with Gasteiger partial charge in [0.2, 0.25) is 0 Å². The third kappa shape index (κ3) is 5.56. The first-order valence-corrected chi connectivity index (χ1v) is 8.57. The Hall–Kier alpha value is -0.980. The van der Waals surface area contributed by atoms with E-state index in [0.717, 1.165) is 0 Å². The standard InChI is InChI=1S/C19H33N/c1-5-8-9-11-17(4)18-12-10-13-19(16-18)20(14-6-2)15-7-3/h10,12-13,16-17H,5-9,11,14-15H2,1-4H3. The quantitative estimate of drug-likeness (QED) is 0.474. The molecule has 0 saturated heterocycles. The molecule has 1 aromatic rings. The van der Waals surface area contributed by atoms with Crippen LogP contribution in [0, 0.1) is 0 Å². The number of nitrogens with zero attached hydrogens (tertiary/aromatic N) is 1. The van der Waals surface area contributed by atoms with Crippen molar-refractivity contribution in [2.45, 2.75) is 72.1 Å². The van der Waals surface area contributed by atoms with E-state index in [2.05, 4.69) is 56.9 Å². The van der Waals surface area contributed by atoms with Gasteiger partial charge in [-0.15, -0.1) is 0 Å². The van der Waals surface area contributed by atoms with Gasteiger partial charge in [0, 0.05) is 18.8 Å². The fourth-order valence-electron chi connectivity index (χ4n) is 2.81. The second-order valence-electron chi connectivity index (χ2n) is 5.98. The highest BCUT2D eigenvalue weighted by Gasteiger charge is 2.09. The van der Waals surface area contributed by atoms with E-state index in [1.54, 1.807) is 0 Å². The van der Waals surface area contributed by atoms with Crippen LogP contribution in [0.15, 0.2) is 24.3 Å². The van der Waals surface area contributed by atoms with Crippen LogP contribution in [0.25, 0.3) is 0 Å². The van der Waals surface area contributed by atoms with E-state index in [9.17, 15) is 0 Å². The third-order valence-electron chi connectivity index (χ3n) is 4.03. The van der Waals surface area contributed by atoms with E-state index >= 15 is 0 Å². The summed E-state index contributed by atoms with van der Waals surface area (Å²) in [5.74, 6) is 0.687. The van der Waals surface area contributed by atoms with Crippen LogP contribution in [-0.4, -0.2) is 13.1 Å². The second kappa shape index (κ2) is 9.85. The lowest BCUT2D eigenvalue weighted by Crippen LogP contribution is -2.24. The summed E-state index contributed by atoms with van der Waals surface area (Å²) in [6, 6.07) is 9.23. The van der Waals surface area contributed by atoms with Crippen LogP contribution in [0.5, 0.6) is 0 Å². The van der Waals surface area contributed by atoms with E-state index in [0.29, 0.717) is 5.92 Å². The van der Waals surface area contributed by atoms with Crippen LogP contribution in [0.4, 0.5) is 5.69 Å². The first kappa shape index (κ1) is 17.1. The Morgan fingerprint density at radius 1 is 0.950 bits per heavy atom. The zero-order valence-corrected chi connectivity index (χ0v) is 14.0. The smallest absolute Gasteiger partial charge is 0.0369 e. The van der Waals surface area contributed by atoms with Gasteiger partial charge >= 0.3 is 0 Å². The maximum Gasteiger partial charge on any atom is 0.0369 e. The highest BCUT2D eigenvalue weighted by Crippen LogP contribution is 2.26. The first-order chi connectivity index (χ1) is 9.72. The molecule has 0 radical (unpaired) electrons. The summed E-state index contributed by atoms with van der Waals surface area (Å²) in [6.07, 6.45) is 7.79. The van der Waals surface area contributed by atoms with Crippen molar-refractivity contribution in [2.75, 3.05) is 18.0 Å². The Morgan fingerprint density at radius 2 is 1.65 bits per heavy atom. The number of unbranched alkanes of at least 4 members (excludes halogenated alkanes) is 2. The zero-order chi connectivity index (χ0) is 14.8. The third-order valence-corrected chi connectivity index (χ3v) is 4.03. The molecule has 0 heterocycles. The largest absolute Gasteiger partial charge is 0.372 e. The molecule has 0 aliphatic heterocycles. The van der Waals surface area contributed by atoms with E-state index in [-0.39, 0.29) is 0 Å². The number of benzene rings is 1. The molecule has 0 aliphatic rings. The van der Waals surface area contributed by atoms with Gasteiger partial charge in [-0.25, -0.2) is 0 Å². The lowest BCUT2D eigenvalue weighted by molar-refractivity contribution is 0.598. The molecule has 1 rings (SSSR count). The average molecular weight is 275 g/mol. The summed E-state index contributed by atoms with van der Waals surface area (Å²) in [4.78, 5) is 2.53. The molecule has 1 atom stereocenters. The summed E-state index contributed by atoms with van der Waals surface area (Å²) in [5, 5.41) is 0. The lowest BCUT2D eigenvalue weighted by atomic mass is 9.94. The molecule has 0 fully saturated rings. The summed E-state index contributed by atoms with van der Waals surface area (Å²) in [5.41, 5.74) is 2.92. The molecule has 0 aromatic heterocycles. The Kier molecular flexibility index (Phi) is 8.41. The molecule has 0 aliphatic carbocycles. The van der Waals surface area contributed by atoms with Crippen molar-refractivity contribution in [1.82, 2.24) is 0 Å². The Morgan fingerprint density at radius 3 is 2.25 bits per heavy atom. The van der Waals surface area contributed by atoms with Crippen LogP contribution in [0.2, 0.25) is 0 Å². The molecule has 0 bridgehead atoms. The van der Waals surface area contributed by atoms with Gasteiger partial charge in [0.1, 0.15) is 0 Å². The summed E-state index contributed by atoms with van der Waals surface area (Å²) >= 11 is 0. The highest BCUT2D eigenvalue weighted by atomic mass is 15.1. The van der Waals surface area contributed by atoms with E-state index in [1.165, 1.54) is 62.9 Å². The maximum atomic E-state index is 2.53. The molecule has 20 heavy (non-hydrogen) atoms. The highest BCUT2D eigenvalue weighted by molar-refractivity contribution is 5.49. The van der Waals surface area contributed by atoms with Crippen LogP contribution >= 0.6 is 0 Å². The molecule has 1 aromatic carbocycles. The predicted molar refractivity (Wildman–Crippen MR) is 91.8 cm³/mol. The van der Waals surface area contributed by atoms with Crippen LogP contribution in [0.3, 0.4) is 0 Å². The maximum absolute atomic E-state index is 2.53. The fourth-order valence-corrected chi connectivity index (χ4v) is 2.81. The number of anilines is 1. The van der Waals surface area contributed by atoms with E-state index in [1.807, 2.05) is 0 Å². The second-order valence-corrected chi connectivity index (χ2v) is 5.98. The van der Waals surface area contributed by atoms with Crippen LogP contribution in [0.1, 0.15) is 77.7 Å². The minimum atomic E-state index is 0.687. The predicted octanol–water partition coefficient (Wildman–Crippen LogP) is 6.00. The normalized spacial score (nSPS) is 12.4. The summed E-state index contributed by atoms with van der Waals surface area (Å²) in [7, 11) is 0. The van der Waals surface area contributed by atoms with Crippen molar-refractivity contribution in [3.05, 3.63) is 29.8 Å². The molecule has 1 unspecified atom stereocenters. The molecular weight excluding hydrogens is 242 g/mol. The van der Waals surface area contributed by atoms with Gasteiger partial charge < -0.3 is 4.90 Å². The van der Waals surface area contributed by atoms with Crippen molar-refractivity contribution < 1.29 is 0 Å². The van der Waals surface area contributed by atoms with Crippen LogP contribution < -0.4 is 4.90 Å². The lowest BCUT2D eigenvalue weighted by Gasteiger charge is -2.25. The Bertz CT molecular complexity index is 353. The van der Waals surface area contributed by atoms with Gasteiger partial charge in [0.25, 0.3) is 0 Å². The molecule has 1 heteroatoms. The zero-order valence-electron chi connectivity index (χ0n) is 14.0. The molecular formula is C19H33N. The van der Waals surface area contributed by atoms with Crippen LogP contribution in [-0.2, 0) is 0 Å². The van der Waals surface area contributed by atoms with Gasteiger partial charge in [-0.1, -0.05) is 59.1 Å². The van der Waals surface area contributed by atoms with E-state index < -0.39 is 0 Å². The van der Waals surface area contributed by atoms with E-state index in [4.69, 9.17) is 0 Å². The van der Waals surface area contributed by atoms with Gasteiger partial charge in [-0.05, 0) is 42.9 Å². The summed E-state index contributed by atoms with van der Waals surface area (Å²) < 4.78 is 0. The first-order valence-electron chi connectivity index (χ1n) is 8.57. The topological polar surface area (TPSA) is 3.24 Å². The van der Waals surface area contributed by atoms with Gasteiger partial charge in [-0.3, -0.25) is 0 Å². The molecule has 0 saturated carbocycles. The summed E-state index contributed by atoms with van der Waals surface area (Å²) in [6.45, 7) is 11.5. The fraction of sp³-hybridized carbons (Fsp3) is 0.684. The Balaban J connectivity index is 2.72.